The maximum atomic E-state index is 2.18. The van der Waals surface area contributed by atoms with Gasteiger partial charge in [-0.3, -0.25) is 0 Å². The Hall–Kier alpha value is -1.21. The third-order valence-electron chi connectivity index (χ3n) is 2.47. The summed E-state index contributed by atoms with van der Waals surface area (Å²) in [4.78, 5) is 1.31. The average Bonchev–Trinajstić information content (AvgIpc) is 2.39. The van der Waals surface area contributed by atoms with Crippen molar-refractivity contribution in [1.82, 2.24) is 0 Å². The van der Waals surface area contributed by atoms with Gasteiger partial charge in [-0.25, -0.2) is 0 Å². The molecule has 0 spiro atoms. The molecular weight excluding hydrogens is 248 g/mol. The van der Waals surface area contributed by atoms with Gasteiger partial charge in [0, 0.05) is 4.90 Å². The normalized spacial score (nSPS) is 10.0. The molecule has 0 saturated heterocycles. The van der Waals surface area contributed by atoms with E-state index in [4.69, 9.17) is 0 Å². The number of thioether (sulfide) groups is 1. The number of aryl methyl sites for hydroxylation is 1. The van der Waals surface area contributed by atoms with Crippen LogP contribution in [0, 0.1) is 12.8 Å². The van der Waals surface area contributed by atoms with Crippen molar-refractivity contribution < 1.29 is 0 Å². The van der Waals surface area contributed by atoms with Crippen LogP contribution in [0.3, 0.4) is 0 Å². The summed E-state index contributed by atoms with van der Waals surface area (Å²) < 4.78 is 0. The van der Waals surface area contributed by atoms with E-state index < -0.39 is 0 Å². The Labute approximate surface area is 122 Å². The number of hydrogen-bond acceptors (Lipinski definition) is 1. The van der Waals surface area contributed by atoms with Crippen LogP contribution in [-0.2, 0) is 0 Å². The Kier molecular flexibility index (Phi) is 6.72. The zero-order valence-corrected chi connectivity index (χ0v) is 13.4. The lowest BCUT2D eigenvalue weighted by Gasteiger charge is -2.03. The minimum absolute atomic E-state index is 0.833. The molecule has 0 amide bonds. The summed E-state index contributed by atoms with van der Waals surface area (Å²) in [6.07, 6.45) is 2.10. The van der Waals surface area contributed by atoms with Gasteiger partial charge in [-0.05, 0) is 42.4 Å². The van der Waals surface area contributed by atoms with Gasteiger partial charge in [0.2, 0.25) is 0 Å². The maximum Gasteiger partial charge on any atom is 0.00695 e. The molecule has 0 fully saturated rings. The van der Waals surface area contributed by atoms with E-state index in [1.807, 2.05) is 0 Å². The lowest BCUT2D eigenvalue weighted by atomic mass is 10.0. The lowest BCUT2D eigenvalue weighted by molar-refractivity contribution is 0.737. The van der Waals surface area contributed by atoms with Crippen LogP contribution in [0.4, 0.5) is 0 Å². The van der Waals surface area contributed by atoms with Crippen molar-refractivity contribution in [3.8, 4) is 11.1 Å². The molecule has 2 aromatic rings. The molecule has 2 aromatic carbocycles. The quantitative estimate of drug-likeness (QED) is 0.600. The van der Waals surface area contributed by atoms with Crippen molar-refractivity contribution in [3.05, 3.63) is 54.1 Å². The predicted octanol–water partition coefficient (Wildman–Crippen LogP) is 6.05. The maximum absolute atomic E-state index is 2.18. The molecule has 102 valence electrons. The fraction of sp³-hybridized carbons (Fsp3) is 0.333. The smallest absolute Gasteiger partial charge is 0.00695 e. The van der Waals surface area contributed by atoms with E-state index in [1.54, 1.807) is 11.8 Å². The Morgan fingerprint density at radius 3 is 1.47 bits per heavy atom. The van der Waals surface area contributed by atoms with Crippen LogP contribution >= 0.6 is 11.8 Å². The van der Waals surface area contributed by atoms with Gasteiger partial charge in [0.05, 0.1) is 0 Å². The van der Waals surface area contributed by atoms with Crippen LogP contribution in [-0.4, -0.2) is 6.26 Å². The fourth-order valence-corrected chi connectivity index (χ4v) is 1.94. The van der Waals surface area contributed by atoms with E-state index in [9.17, 15) is 0 Å². The van der Waals surface area contributed by atoms with Gasteiger partial charge < -0.3 is 0 Å². The average molecular weight is 272 g/mol. The molecular formula is C18H24S. The van der Waals surface area contributed by atoms with Gasteiger partial charge in [0.1, 0.15) is 0 Å². The third-order valence-corrected chi connectivity index (χ3v) is 3.22. The van der Waals surface area contributed by atoms with Crippen LogP contribution in [0.2, 0.25) is 0 Å². The summed E-state index contributed by atoms with van der Waals surface area (Å²) in [5.41, 5.74) is 3.88. The summed E-state index contributed by atoms with van der Waals surface area (Å²) in [6.45, 7) is 8.61. The lowest BCUT2D eigenvalue weighted by Crippen LogP contribution is -1.78. The van der Waals surface area contributed by atoms with Crippen LogP contribution < -0.4 is 0 Å². The first kappa shape index (κ1) is 15.8. The molecule has 0 N–H and O–H groups in total. The molecule has 0 aliphatic heterocycles. The van der Waals surface area contributed by atoms with E-state index in [-0.39, 0.29) is 0 Å². The molecule has 0 bridgehead atoms. The number of benzene rings is 2. The summed E-state index contributed by atoms with van der Waals surface area (Å²) in [5, 5.41) is 0. The second-order valence-corrected chi connectivity index (χ2v) is 6.21. The molecule has 0 heterocycles. The highest BCUT2D eigenvalue weighted by Crippen LogP contribution is 2.23. The molecule has 0 aliphatic rings. The van der Waals surface area contributed by atoms with Gasteiger partial charge in [-0.15, -0.1) is 11.8 Å². The third kappa shape index (κ3) is 5.98. The molecule has 0 radical (unpaired) electrons. The highest BCUT2D eigenvalue weighted by atomic mass is 32.2. The SMILES string of the molecule is CC(C)C.CSc1ccc(-c2ccc(C)cc2)cc1. The van der Waals surface area contributed by atoms with Crippen molar-refractivity contribution in [2.45, 2.75) is 32.6 Å². The van der Waals surface area contributed by atoms with Gasteiger partial charge in [0.15, 0.2) is 0 Å². The van der Waals surface area contributed by atoms with Crippen molar-refractivity contribution in [1.29, 1.82) is 0 Å². The van der Waals surface area contributed by atoms with Crippen LogP contribution in [0.25, 0.3) is 11.1 Å². The summed E-state index contributed by atoms with van der Waals surface area (Å²) in [7, 11) is 0. The monoisotopic (exact) mass is 272 g/mol. The van der Waals surface area contributed by atoms with E-state index >= 15 is 0 Å². The second-order valence-electron chi connectivity index (χ2n) is 5.33. The van der Waals surface area contributed by atoms with E-state index in [1.165, 1.54) is 21.6 Å². The molecule has 2 rings (SSSR count). The first-order chi connectivity index (χ1) is 9.02. The van der Waals surface area contributed by atoms with Gasteiger partial charge in [0.25, 0.3) is 0 Å². The first-order valence-electron chi connectivity index (χ1n) is 6.74. The Bertz CT molecular complexity index is 463. The first-order valence-corrected chi connectivity index (χ1v) is 7.96. The van der Waals surface area contributed by atoms with Crippen LogP contribution in [0.1, 0.15) is 26.3 Å². The Morgan fingerprint density at radius 1 is 0.737 bits per heavy atom. The molecule has 0 atom stereocenters. The Balaban J connectivity index is 0.000000399. The standard InChI is InChI=1S/C14H14S.C4H10/c1-11-3-5-12(6-4-11)13-7-9-14(15-2)10-8-13;1-4(2)3/h3-10H,1-2H3;4H,1-3H3. The molecule has 0 aliphatic carbocycles. The molecule has 19 heavy (non-hydrogen) atoms. The van der Waals surface area contributed by atoms with E-state index in [2.05, 4.69) is 82.5 Å². The van der Waals surface area contributed by atoms with Crippen molar-refractivity contribution in [2.24, 2.45) is 5.92 Å². The molecule has 0 aromatic heterocycles. The summed E-state index contributed by atoms with van der Waals surface area (Å²) in [5.74, 6) is 0.833. The highest BCUT2D eigenvalue weighted by Gasteiger charge is 1.96. The second kappa shape index (κ2) is 8.06. The summed E-state index contributed by atoms with van der Waals surface area (Å²) >= 11 is 1.78. The highest BCUT2D eigenvalue weighted by molar-refractivity contribution is 7.98. The van der Waals surface area contributed by atoms with Crippen molar-refractivity contribution in [3.63, 3.8) is 0 Å². The van der Waals surface area contributed by atoms with Crippen LogP contribution in [0.15, 0.2) is 53.4 Å². The van der Waals surface area contributed by atoms with E-state index in [0.717, 1.165) is 5.92 Å². The van der Waals surface area contributed by atoms with Gasteiger partial charge in [-0.2, -0.15) is 0 Å². The number of hydrogen-bond donors (Lipinski definition) is 0. The Morgan fingerprint density at radius 2 is 1.11 bits per heavy atom. The predicted molar refractivity (Wildman–Crippen MR) is 88.9 cm³/mol. The molecule has 0 nitrogen and oxygen atoms in total. The molecule has 1 heteroatoms. The molecule has 0 unspecified atom stereocenters. The number of rotatable bonds is 2. The minimum Gasteiger partial charge on any atom is -0.130 e. The largest absolute Gasteiger partial charge is 0.130 e. The van der Waals surface area contributed by atoms with Crippen molar-refractivity contribution in [2.75, 3.05) is 6.26 Å². The van der Waals surface area contributed by atoms with Gasteiger partial charge >= 0.3 is 0 Å². The summed E-state index contributed by atoms with van der Waals surface area (Å²) in [6, 6.07) is 17.3. The van der Waals surface area contributed by atoms with Gasteiger partial charge in [-0.1, -0.05) is 62.7 Å². The van der Waals surface area contributed by atoms with Crippen LogP contribution in [0.5, 0.6) is 0 Å². The zero-order valence-electron chi connectivity index (χ0n) is 12.6. The molecule has 0 saturated carbocycles. The van der Waals surface area contributed by atoms with Crippen molar-refractivity contribution >= 4 is 11.8 Å². The zero-order chi connectivity index (χ0) is 14.3. The van der Waals surface area contributed by atoms with E-state index in [0.29, 0.717) is 0 Å². The fourth-order valence-electron chi connectivity index (χ4n) is 1.53. The topological polar surface area (TPSA) is 0 Å². The minimum atomic E-state index is 0.833.